The van der Waals surface area contributed by atoms with Crippen LogP contribution in [0.2, 0.25) is 0 Å². The van der Waals surface area contributed by atoms with Gasteiger partial charge in [0.1, 0.15) is 16.6 Å². The molecule has 1 aliphatic heterocycles. The number of carbonyl (C=O) groups is 3. The van der Waals surface area contributed by atoms with Crippen LogP contribution in [0.15, 0.2) is 193 Å². The highest BCUT2D eigenvalue weighted by atomic mass is 16.6. The van der Waals surface area contributed by atoms with Crippen molar-refractivity contribution in [2.75, 3.05) is 62.0 Å². The highest BCUT2D eigenvalue weighted by Gasteiger charge is 2.23. The number of benzene rings is 3. The molecule has 12 heterocycles. The number of carbonyl (C=O) groups excluding carboxylic acids is 3. The topological polar surface area (TPSA) is 376 Å². The van der Waals surface area contributed by atoms with Gasteiger partial charge in [0.05, 0.1) is 72.1 Å². The summed E-state index contributed by atoms with van der Waals surface area (Å²) < 4.78 is 18.8. The third kappa shape index (κ3) is 16.9. The van der Waals surface area contributed by atoms with Crippen LogP contribution in [0.3, 0.4) is 0 Å². The van der Waals surface area contributed by atoms with Gasteiger partial charge in [-0.05, 0) is 173 Å². The van der Waals surface area contributed by atoms with E-state index in [2.05, 4.69) is 107 Å². The molecule has 2 atom stereocenters. The van der Waals surface area contributed by atoms with Crippen LogP contribution in [0.25, 0.3) is 101 Å². The predicted octanol–water partition coefficient (Wildman–Crippen LogP) is 12.5. The van der Waals surface area contributed by atoms with Crippen molar-refractivity contribution < 1.29 is 28.6 Å². The van der Waals surface area contributed by atoms with Gasteiger partial charge in [0.2, 0.25) is 17.8 Å². The molecule has 0 aliphatic carbocycles. The van der Waals surface area contributed by atoms with Gasteiger partial charge in [0.25, 0.3) is 11.1 Å². The Labute approximate surface area is 618 Å². The van der Waals surface area contributed by atoms with Crippen molar-refractivity contribution in [2.24, 2.45) is 0 Å². The van der Waals surface area contributed by atoms with E-state index in [9.17, 15) is 24.0 Å². The molecule has 3 aromatic carbocycles. The number of hydrogen-bond donors (Lipinski definition) is 7. The number of aryl methyl sites for hydroxylation is 2. The molecular weight excluding hydrogens is 1370 g/mol. The third-order valence-electron chi connectivity index (χ3n) is 17.6. The molecule has 11 aromatic heterocycles. The fraction of sp³-hybridized carbons (Fsp3) is 0.218. The van der Waals surface area contributed by atoms with Gasteiger partial charge in [-0.2, -0.15) is 0 Å². The highest BCUT2D eigenvalue weighted by molar-refractivity contribution is 6.00. The van der Waals surface area contributed by atoms with Gasteiger partial charge in [-0.1, -0.05) is 18.2 Å². The van der Waals surface area contributed by atoms with E-state index in [0.717, 1.165) is 106 Å². The van der Waals surface area contributed by atoms with Gasteiger partial charge < -0.3 is 43.6 Å². The van der Waals surface area contributed by atoms with E-state index in [-0.39, 0.29) is 48.4 Å². The number of ether oxygens (including phenoxy) is 3. The molecule has 1 fully saturated rings. The van der Waals surface area contributed by atoms with Crippen LogP contribution in [0.1, 0.15) is 75.2 Å². The maximum atomic E-state index is 13.3. The Bertz CT molecular complexity index is 5380. The minimum absolute atomic E-state index is 0.131. The van der Waals surface area contributed by atoms with Gasteiger partial charge >= 0.3 is 18.2 Å². The summed E-state index contributed by atoms with van der Waals surface area (Å²) in [6.45, 7) is 18.2. The fourth-order valence-corrected chi connectivity index (χ4v) is 12.6. The number of anilines is 3. The molecule has 15 rings (SSSR count). The Balaban J connectivity index is 0.000000143. The number of H-pyrrole nitrogens is 3. The second-order valence-electron chi connectivity index (χ2n) is 24.9. The Morgan fingerprint density at radius 3 is 1.24 bits per heavy atom. The van der Waals surface area contributed by atoms with Crippen LogP contribution in [0.4, 0.5) is 32.2 Å². The van der Waals surface area contributed by atoms with Crippen molar-refractivity contribution in [1.29, 1.82) is 0 Å². The number of hydrogen-bond acceptors (Lipinski definition) is 21. The van der Waals surface area contributed by atoms with E-state index in [1.165, 1.54) is 0 Å². The molecule has 4 amide bonds. The van der Waals surface area contributed by atoms with Crippen molar-refractivity contribution in [3.05, 3.63) is 232 Å². The number of pyridine rings is 5. The van der Waals surface area contributed by atoms with E-state index in [1.54, 1.807) is 103 Å². The predicted molar refractivity (Wildman–Crippen MR) is 410 cm³/mol. The fourth-order valence-electron chi connectivity index (χ4n) is 12.6. The average molecular weight is 1450 g/mol. The van der Waals surface area contributed by atoms with E-state index in [0.29, 0.717) is 74.6 Å². The third-order valence-corrected chi connectivity index (χ3v) is 17.6. The van der Waals surface area contributed by atoms with E-state index in [4.69, 9.17) is 14.2 Å². The summed E-state index contributed by atoms with van der Waals surface area (Å²) in [6.07, 6.45) is 14.1. The van der Waals surface area contributed by atoms with Crippen molar-refractivity contribution in [1.82, 2.24) is 94.1 Å². The molecule has 0 spiro atoms. The normalized spacial score (nSPS) is 12.6. The first-order valence-electron chi connectivity index (χ1n) is 35.0. The van der Waals surface area contributed by atoms with Gasteiger partial charge in [0.15, 0.2) is 17.5 Å². The summed E-state index contributed by atoms with van der Waals surface area (Å²) in [5.41, 5.74) is 14.9. The zero-order chi connectivity index (χ0) is 75.2. The Morgan fingerprint density at radius 2 is 0.870 bits per heavy atom. The Kier molecular flexibility index (Phi) is 22.5. The average Bonchev–Trinajstić information content (AvgIpc) is 1.53. The van der Waals surface area contributed by atoms with Crippen LogP contribution >= 0.6 is 0 Å². The molecule has 1 saturated heterocycles. The SMILES string of the molecule is CCNC(=O)Nc1nc2c(-c3ncccn3)cc(-c3cc(C)n([C@H](C)c4ccccn4)c(=O)c3)cc2[nH]1.CCOC(=O)Nc1nc2c(-c3ncccn3)cc(-c3cc(C)n([C@H](C)c4ccccn4)c(=O)c3)cc2[nH]1.CCOC(=O)Nc1nc2c(-c3ncccn3)cc(-c3ccc(CN4CCOCC4)nc3)cc2[nH]1. The monoisotopic (exact) mass is 1450 g/mol. The number of morpholine rings is 1. The van der Waals surface area contributed by atoms with E-state index < -0.39 is 12.2 Å². The smallest absolute Gasteiger partial charge is 0.413 e. The van der Waals surface area contributed by atoms with Crippen LogP contribution in [-0.4, -0.2) is 153 Å². The molecule has 14 aromatic rings. The number of fused-ring (bicyclic) bond motifs is 3. The first-order valence-corrected chi connectivity index (χ1v) is 35.0. The first kappa shape index (κ1) is 72.7. The van der Waals surface area contributed by atoms with Crippen molar-refractivity contribution in [3.63, 3.8) is 0 Å². The molecular formula is C78H76N22O8. The van der Waals surface area contributed by atoms with Crippen molar-refractivity contribution in [2.45, 2.75) is 67.1 Å². The number of rotatable bonds is 18. The summed E-state index contributed by atoms with van der Waals surface area (Å²) in [6, 6.07) is 38.6. The Morgan fingerprint density at radius 1 is 0.472 bits per heavy atom. The minimum atomic E-state index is -0.611. The number of urea groups is 1. The number of nitrogens with zero attached hydrogens (tertiary/aromatic N) is 15. The lowest BCUT2D eigenvalue weighted by Crippen LogP contribution is -2.35. The molecule has 7 N–H and O–H groups in total. The zero-order valence-electron chi connectivity index (χ0n) is 60.1. The Hall–Kier alpha value is -13.6. The minimum Gasteiger partial charge on any atom is -0.450 e. The number of amides is 4. The number of imidazole rings is 3. The maximum Gasteiger partial charge on any atom is 0.413 e. The van der Waals surface area contributed by atoms with Gasteiger partial charge in [-0.15, -0.1) is 0 Å². The molecule has 546 valence electrons. The summed E-state index contributed by atoms with van der Waals surface area (Å²) in [5, 5.41) is 10.6. The molecule has 0 unspecified atom stereocenters. The molecule has 30 heteroatoms. The van der Waals surface area contributed by atoms with Crippen molar-refractivity contribution in [3.8, 4) is 67.5 Å². The summed E-state index contributed by atoms with van der Waals surface area (Å²) in [7, 11) is 0. The number of nitrogens with one attached hydrogen (secondary N) is 7. The largest absolute Gasteiger partial charge is 0.450 e. The van der Waals surface area contributed by atoms with Crippen LogP contribution < -0.4 is 32.4 Å². The second kappa shape index (κ2) is 33.4. The molecule has 108 heavy (non-hydrogen) atoms. The van der Waals surface area contributed by atoms with Gasteiger partial charge in [-0.3, -0.25) is 45.4 Å². The highest BCUT2D eigenvalue weighted by Crippen LogP contribution is 2.37. The molecule has 0 bridgehead atoms. The number of aromatic nitrogens is 17. The summed E-state index contributed by atoms with van der Waals surface area (Å²) in [5.74, 6) is 2.32. The quantitative estimate of drug-likeness (QED) is 0.0419. The lowest BCUT2D eigenvalue weighted by atomic mass is 10.0. The molecule has 30 nitrogen and oxygen atoms in total. The van der Waals surface area contributed by atoms with E-state index >= 15 is 0 Å². The van der Waals surface area contributed by atoms with Crippen LogP contribution in [-0.2, 0) is 20.8 Å². The van der Waals surface area contributed by atoms with E-state index in [1.807, 2.05) is 132 Å². The van der Waals surface area contributed by atoms with Crippen LogP contribution in [0, 0.1) is 13.8 Å². The molecule has 0 radical (unpaired) electrons. The second-order valence-corrected chi connectivity index (χ2v) is 24.9. The van der Waals surface area contributed by atoms with Gasteiger partial charge in [0, 0.05) is 128 Å². The van der Waals surface area contributed by atoms with Crippen molar-refractivity contribution >= 4 is 69.2 Å². The number of aromatic amines is 3. The lowest BCUT2D eigenvalue weighted by molar-refractivity contribution is 0.0336. The standard InChI is InChI=1S/C27H26N8O2.C27H25N7O3.C24H25N7O3/c1-4-28-27(37)34-26-32-22-14-19(13-20(24(22)33-26)25-30-10-7-11-31-25)18-12-16(2)35(23(36)15-18)17(3)21-8-5-6-9-29-21;1-4-37-27(36)33-26-31-22-14-19(13-20(24(22)32-26)25-29-10-7-11-30-25)18-12-16(2)34(23(35)15-18)17(3)21-8-5-6-9-28-21;1-2-34-24(32)30-23-28-20-13-17(12-19(21(20)29-23)22-25-6-3-7-26-22)16-4-5-18(27-14-16)15-31-8-10-33-11-9-31/h5-15,17H,4H2,1-3H3,(H3,28,32,33,34,37);5-15,17H,4H2,1-3H3,(H2,31,32,33,36);3-7,12-14H,2,8-11,15H2,1H3,(H2,28,29,30,32)/t2*17-;/m11./s1. The van der Waals surface area contributed by atoms with Gasteiger partial charge in [-0.25, -0.2) is 59.2 Å². The summed E-state index contributed by atoms with van der Waals surface area (Å²) in [4.78, 5) is 128. The molecule has 0 saturated carbocycles. The summed E-state index contributed by atoms with van der Waals surface area (Å²) >= 11 is 0. The lowest BCUT2D eigenvalue weighted by Gasteiger charge is -2.26. The first-order chi connectivity index (χ1) is 52.6. The van der Waals surface area contributed by atoms with Crippen LogP contribution in [0.5, 0.6) is 0 Å². The maximum absolute atomic E-state index is 13.3. The zero-order valence-corrected chi connectivity index (χ0v) is 60.1. The molecule has 1 aliphatic rings.